The number of hydrogen-bond acceptors (Lipinski definition) is 5. The Morgan fingerprint density at radius 2 is 2.20 bits per heavy atom. The number of halogens is 3. The third-order valence-electron chi connectivity index (χ3n) is 4.04. The molecule has 0 radical (unpaired) electrons. The maximum absolute atomic E-state index is 15.0. The van der Waals surface area contributed by atoms with Crippen LogP contribution in [-0.4, -0.2) is 21.0 Å². The number of carbonyl (C=O) groups is 1. The van der Waals surface area contributed by atoms with Crippen LogP contribution in [0.4, 0.5) is 4.39 Å². The highest BCUT2D eigenvalue weighted by Gasteiger charge is 2.19. The smallest absolute Gasteiger partial charge is 0.273 e. The van der Waals surface area contributed by atoms with Crippen molar-refractivity contribution in [2.24, 2.45) is 0 Å². The molecule has 0 unspecified atom stereocenters. The summed E-state index contributed by atoms with van der Waals surface area (Å²) in [6.07, 6.45) is 0. The van der Waals surface area contributed by atoms with Crippen LogP contribution >= 0.6 is 27.5 Å². The van der Waals surface area contributed by atoms with Crippen molar-refractivity contribution in [2.45, 2.75) is 20.1 Å². The SMILES string of the molecule is Cc1cc(C#N)cc(Oc2c(Br)ccc(CNC(=O)c3nc(CO)[nH]c3Cl)c2F)c1. The van der Waals surface area contributed by atoms with E-state index in [9.17, 15) is 4.79 Å². The maximum atomic E-state index is 15.0. The number of H-pyrrole nitrogens is 1. The lowest BCUT2D eigenvalue weighted by molar-refractivity contribution is 0.0946. The quantitative estimate of drug-likeness (QED) is 0.472. The van der Waals surface area contributed by atoms with Gasteiger partial charge in [-0.2, -0.15) is 5.26 Å². The van der Waals surface area contributed by atoms with Gasteiger partial charge in [-0.1, -0.05) is 17.7 Å². The van der Waals surface area contributed by atoms with Gasteiger partial charge in [-0.25, -0.2) is 9.37 Å². The minimum absolute atomic E-state index is 0.0235. The molecule has 0 bridgehead atoms. The van der Waals surface area contributed by atoms with E-state index in [0.717, 1.165) is 5.56 Å². The van der Waals surface area contributed by atoms with Crippen molar-refractivity contribution in [1.29, 1.82) is 5.26 Å². The molecule has 3 aromatic rings. The number of rotatable bonds is 6. The normalized spacial score (nSPS) is 10.5. The largest absolute Gasteiger partial charge is 0.453 e. The molecule has 1 aromatic heterocycles. The predicted octanol–water partition coefficient (Wildman–Crippen LogP) is 4.36. The van der Waals surface area contributed by atoms with Gasteiger partial charge in [-0.05, 0) is 52.7 Å². The number of nitrogens with one attached hydrogen (secondary N) is 2. The first-order chi connectivity index (χ1) is 14.3. The standard InChI is InChI=1S/C20H15BrClFN4O3/c1-10-4-11(7-24)6-13(5-10)30-18-14(21)3-2-12(16(18)23)8-25-20(29)17-19(22)27-15(9-28)26-17/h2-6,28H,8-9H2,1H3,(H,25,29)(H,26,27). The molecular formula is C20H15BrClFN4O3. The number of nitrogens with zero attached hydrogens (tertiary/aromatic N) is 2. The predicted molar refractivity (Wildman–Crippen MR) is 111 cm³/mol. The summed E-state index contributed by atoms with van der Waals surface area (Å²) < 4.78 is 21.1. The molecule has 3 N–H and O–H groups in total. The van der Waals surface area contributed by atoms with Gasteiger partial charge in [0.1, 0.15) is 23.3 Å². The maximum Gasteiger partial charge on any atom is 0.273 e. The Labute approximate surface area is 184 Å². The van der Waals surface area contributed by atoms with E-state index in [4.69, 9.17) is 26.7 Å². The number of imidazole rings is 1. The van der Waals surface area contributed by atoms with Crippen LogP contribution in [0.15, 0.2) is 34.8 Å². The highest BCUT2D eigenvalue weighted by molar-refractivity contribution is 9.10. The van der Waals surface area contributed by atoms with Gasteiger partial charge in [-0.15, -0.1) is 0 Å². The lowest BCUT2D eigenvalue weighted by atomic mass is 10.1. The molecule has 0 saturated heterocycles. The number of benzene rings is 2. The fraction of sp³-hybridized carbons (Fsp3) is 0.150. The Bertz CT molecular complexity index is 1160. The van der Waals surface area contributed by atoms with Gasteiger partial charge in [0, 0.05) is 12.1 Å². The summed E-state index contributed by atoms with van der Waals surface area (Å²) in [7, 11) is 0. The van der Waals surface area contributed by atoms with Gasteiger partial charge < -0.3 is 20.1 Å². The number of aromatic amines is 1. The second-order valence-corrected chi connectivity index (χ2v) is 7.52. The zero-order valence-corrected chi connectivity index (χ0v) is 17.9. The van der Waals surface area contributed by atoms with Crippen molar-refractivity contribution >= 4 is 33.4 Å². The van der Waals surface area contributed by atoms with Crippen molar-refractivity contribution in [1.82, 2.24) is 15.3 Å². The third kappa shape index (κ3) is 4.79. The van der Waals surface area contributed by atoms with Gasteiger partial charge in [-0.3, -0.25) is 4.79 Å². The molecule has 1 heterocycles. The van der Waals surface area contributed by atoms with E-state index >= 15 is 4.39 Å². The average molecular weight is 494 g/mol. The molecule has 0 spiro atoms. The highest BCUT2D eigenvalue weighted by Crippen LogP contribution is 2.35. The zero-order chi connectivity index (χ0) is 21.8. The lowest BCUT2D eigenvalue weighted by Gasteiger charge is -2.13. The second kappa shape index (κ2) is 9.26. The Hall–Kier alpha value is -2.93. The van der Waals surface area contributed by atoms with Gasteiger partial charge in [0.15, 0.2) is 17.3 Å². The van der Waals surface area contributed by atoms with Crippen molar-refractivity contribution in [3.05, 3.63) is 74.0 Å². The van der Waals surface area contributed by atoms with E-state index in [-0.39, 0.29) is 34.5 Å². The van der Waals surface area contributed by atoms with Crippen molar-refractivity contribution < 1.29 is 19.0 Å². The molecule has 2 aromatic carbocycles. The molecule has 0 saturated carbocycles. The number of carbonyl (C=O) groups excluding carboxylic acids is 1. The summed E-state index contributed by atoms with van der Waals surface area (Å²) in [5.74, 6) is -0.915. The Kier molecular flexibility index (Phi) is 6.72. The molecule has 0 fully saturated rings. The molecule has 3 rings (SSSR count). The number of ether oxygens (including phenoxy) is 1. The fourth-order valence-electron chi connectivity index (χ4n) is 2.68. The molecule has 0 atom stereocenters. The van der Waals surface area contributed by atoms with E-state index in [1.807, 2.05) is 6.07 Å². The monoisotopic (exact) mass is 492 g/mol. The van der Waals surface area contributed by atoms with Gasteiger partial charge in [0.2, 0.25) is 0 Å². The fourth-order valence-corrected chi connectivity index (χ4v) is 3.30. The first-order valence-corrected chi connectivity index (χ1v) is 9.79. The average Bonchev–Trinajstić information content (AvgIpc) is 3.10. The Morgan fingerprint density at radius 1 is 1.43 bits per heavy atom. The first-order valence-electron chi connectivity index (χ1n) is 8.62. The summed E-state index contributed by atoms with van der Waals surface area (Å²) >= 11 is 9.15. The van der Waals surface area contributed by atoms with Gasteiger partial charge in [0.25, 0.3) is 5.91 Å². The molecule has 0 aliphatic rings. The molecule has 1 amide bonds. The van der Waals surface area contributed by atoms with Crippen LogP contribution in [0.2, 0.25) is 5.15 Å². The van der Waals surface area contributed by atoms with Crippen LogP contribution in [0.3, 0.4) is 0 Å². The van der Waals surface area contributed by atoms with E-state index in [1.54, 1.807) is 25.1 Å². The van der Waals surface area contributed by atoms with Crippen molar-refractivity contribution in [3.8, 4) is 17.6 Å². The Morgan fingerprint density at radius 3 is 2.87 bits per heavy atom. The zero-order valence-electron chi connectivity index (χ0n) is 15.6. The van der Waals surface area contributed by atoms with Gasteiger partial charge >= 0.3 is 0 Å². The van der Waals surface area contributed by atoms with E-state index in [0.29, 0.717) is 15.8 Å². The van der Waals surface area contributed by atoms with Crippen LogP contribution in [0.1, 0.15) is 33.0 Å². The minimum Gasteiger partial charge on any atom is -0.453 e. The Balaban J connectivity index is 1.81. The van der Waals surface area contributed by atoms with Crippen LogP contribution in [0, 0.1) is 24.1 Å². The third-order valence-corrected chi connectivity index (χ3v) is 4.94. The van der Waals surface area contributed by atoms with E-state index < -0.39 is 18.3 Å². The molecule has 7 nitrogen and oxygen atoms in total. The van der Waals surface area contributed by atoms with Crippen molar-refractivity contribution in [2.75, 3.05) is 0 Å². The molecule has 0 aliphatic heterocycles. The van der Waals surface area contributed by atoms with Crippen molar-refractivity contribution in [3.63, 3.8) is 0 Å². The minimum atomic E-state index is -0.672. The number of aromatic nitrogens is 2. The summed E-state index contributed by atoms with van der Waals surface area (Å²) in [5.41, 5.74) is 1.26. The highest BCUT2D eigenvalue weighted by atomic mass is 79.9. The number of amides is 1. The lowest BCUT2D eigenvalue weighted by Crippen LogP contribution is -2.24. The second-order valence-electron chi connectivity index (χ2n) is 6.29. The summed E-state index contributed by atoms with van der Waals surface area (Å²) in [4.78, 5) is 18.7. The van der Waals surface area contributed by atoms with Crippen LogP contribution in [0.25, 0.3) is 0 Å². The van der Waals surface area contributed by atoms with E-state index in [2.05, 4.69) is 31.2 Å². The summed E-state index contributed by atoms with van der Waals surface area (Å²) in [6.45, 7) is 1.25. The molecule has 30 heavy (non-hydrogen) atoms. The molecule has 10 heteroatoms. The summed E-state index contributed by atoms with van der Waals surface area (Å²) in [5, 5.41) is 20.7. The number of aryl methyl sites for hydroxylation is 1. The van der Waals surface area contributed by atoms with Crippen LogP contribution in [-0.2, 0) is 13.2 Å². The number of hydrogen-bond donors (Lipinski definition) is 3. The van der Waals surface area contributed by atoms with E-state index in [1.165, 1.54) is 12.1 Å². The number of aliphatic hydroxyl groups excluding tert-OH is 1. The first kappa shape index (κ1) is 21.8. The van der Waals surface area contributed by atoms with Gasteiger partial charge in [0.05, 0.1) is 16.1 Å². The topological polar surface area (TPSA) is 111 Å². The summed E-state index contributed by atoms with van der Waals surface area (Å²) in [6, 6.07) is 9.98. The molecular weight excluding hydrogens is 479 g/mol. The number of aliphatic hydroxyl groups is 1. The van der Waals surface area contributed by atoms with Crippen LogP contribution < -0.4 is 10.1 Å². The van der Waals surface area contributed by atoms with Crippen LogP contribution in [0.5, 0.6) is 11.5 Å². The number of nitriles is 1. The molecule has 0 aliphatic carbocycles. The molecule has 154 valence electrons.